The number of aromatic nitrogens is 1. The van der Waals surface area contributed by atoms with Gasteiger partial charge in [0, 0.05) is 34.6 Å². The van der Waals surface area contributed by atoms with E-state index in [9.17, 15) is 9.90 Å². The Morgan fingerprint density at radius 2 is 2.28 bits per heavy atom. The number of aliphatic hydroxyl groups excluding tert-OH is 1. The van der Waals surface area contributed by atoms with Crippen molar-refractivity contribution in [3.63, 3.8) is 0 Å². The zero-order chi connectivity index (χ0) is 20.2. The highest BCUT2D eigenvalue weighted by molar-refractivity contribution is 7.15. The third kappa shape index (κ3) is 4.72. The van der Waals surface area contributed by atoms with Gasteiger partial charge in [0.25, 0.3) is 0 Å². The number of benzene rings is 1. The number of aliphatic hydroxyl groups is 1. The van der Waals surface area contributed by atoms with Crippen LogP contribution in [0.4, 0.5) is 0 Å². The average molecular weight is 407 g/mol. The number of carbonyl (C=O) groups is 1. The summed E-state index contributed by atoms with van der Waals surface area (Å²) in [5, 5.41) is 12.6. The minimum Gasteiger partial charge on any atom is -0.488 e. The molecule has 29 heavy (non-hydrogen) atoms. The number of thiophene rings is 1. The Kier molecular flexibility index (Phi) is 5.74. The Bertz CT molecular complexity index is 1030. The molecule has 0 saturated carbocycles. The predicted octanol–water partition coefficient (Wildman–Crippen LogP) is 4.00. The lowest BCUT2D eigenvalue weighted by Crippen LogP contribution is -2.33. The molecule has 2 unspecified atom stereocenters. The minimum absolute atomic E-state index is 0.0765. The topological polar surface area (TPSA) is 71.5 Å². The maximum atomic E-state index is 12.0. The van der Waals surface area contributed by atoms with Crippen molar-refractivity contribution in [3.8, 4) is 16.2 Å². The van der Waals surface area contributed by atoms with E-state index in [4.69, 9.17) is 4.74 Å². The van der Waals surface area contributed by atoms with Crippen LogP contribution in [0.2, 0.25) is 0 Å². The van der Waals surface area contributed by atoms with Gasteiger partial charge in [0.1, 0.15) is 11.9 Å². The minimum atomic E-state index is -0.452. The summed E-state index contributed by atoms with van der Waals surface area (Å²) < 4.78 is 5.97. The fraction of sp³-hybridized carbons (Fsp3) is 0.217. The van der Waals surface area contributed by atoms with Crippen LogP contribution in [0.15, 0.2) is 60.9 Å². The van der Waals surface area contributed by atoms with Crippen molar-refractivity contribution >= 4 is 23.3 Å². The van der Waals surface area contributed by atoms with Gasteiger partial charge in [-0.2, -0.15) is 0 Å². The van der Waals surface area contributed by atoms with E-state index in [0.29, 0.717) is 6.54 Å². The quantitative estimate of drug-likeness (QED) is 0.607. The number of hydrogen-bond acceptors (Lipinski definition) is 5. The largest absolute Gasteiger partial charge is 0.488 e. The van der Waals surface area contributed by atoms with Crippen molar-refractivity contribution in [1.82, 2.24) is 10.3 Å². The van der Waals surface area contributed by atoms with Crippen molar-refractivity contribution in [2.75, 3.05) is 6.54 Å². The molecule has 3 heterocycles. The Hall–Kier alpha value is -2.96. The summed E-state index contributed by atoms with van der Waals surface area (Å²) in [7, 11) is 0. The molecule has 6 heteroatoms. The van der Waals surface area contributed by atoms with Gasteiger partial charge in [-0.05, 0) is 66.1 Å². The molecule has 1 aliphatic heterocycles. The van der Waals surface area contributed by atoms with E-state index in [-0.39, 0.29) is 12.0 Å². The van der Waals surface area contributed by atoms with E-state index >= 15 is 0 Å². The second kappa shape index (κ2) is 8.59. The molecule has 0 fully saturated rings. The number of nitrogens with one attached hydrogen (secondary N) is 1. The van der Waals surface area contributed by atoms with Crippen molar-refractivity contribution in [1.29, 1.82) is 0 Å². The zero-order valence-electron chi connectivity index (χ0n) is 16.0. The molecule has 0 saturated heterocycles. The van der Waals surface area contributed by atoms with Gasteiger partial charge in [0.05, 0.1) is 12.6 Å². The van der Waals surface area contributed by atoms with E-state index in [0.717, 1.165) is 38.6 Å². The molecule has 5 nitrogen and oxygen atoms in total. The van der Waals surface area contributed by atoms with E-state index < -0.39 is 6.10 Å². The first-order valence-electron chi connectivity index (χ1n) is 9.52. The van der Waals surface area contributed by atoms with Crippen molar-refractivity contribution < 1.29 is 14.6 Å². The van der Waals surface area contributed by atoms with Crippen molar-refractivity contribution in [2.24, 2.45) is 0 Å². The van der Waals surface area contributed by atoms with Gasteiger partial charge in [0.15, 0.2) is 0 Å². The van der Waals surface area contributed by atoms with E-state index in [1.807, 2.05) is 36.4 Å². The van der Waals surface area contributed by atoms with Gasteiger partial charge >= 0.3 is 0 Å². The molecule has 0 aliphatic carbocycles. The summed E-state index contributed by atoms with van der Waals surface area (Å²) in [5.74, 6) is 0.713. The number of fused-ring (bicyclic) bond motifs is 1. The molecular formula is C23H22N2O3S. The summed E-state index contributed by atoms with van der Waals surface area (Å²) in [6, 6.07) is 13.9. The molecular weight excluding hydrogens is 384 g/mol. The fourth-order valence-electron chi connectivity index (χ4n) is 3.24. The molecule has 2 atom stereocenters. The number of nitrogens with zero attached hydrogens (tertiary/aromatic N) is 1. The monoisotopic (exact) mass is 406 g/mol. The average Bonchev–Trinajstić information content (AvgIpc) is 3.38. The van der Waals surface area contributed by atoms with Crippen molar-refractivity contribution in [3.05, 3.63) is 76.9 Å². The second-order valence-corrected chi connectivity index (χ2v) is 8.12. The molecule has 0 spiro atoms. The zero-order valence-corrected chi connectivity index (χ0v) is 16.9. The lowest BCUT2D eigenvalue weighted by atomic mass is 10.1. The summed E-state index contributed by atoms with van der Waals surface area (Å²) in [4.78, 5) is 18.1. The van der Waals surface area contributed by atoms with Crippen LogP contribution in [0.25, 0.3) is 16.5 Å². The normalized spacial score (nSPS) is 16.4. The van der Waals surface area contributed by atoms with Crippen LogP contribution in [0, 0.1) is 0 Å². The molecule has 3 aromatic rings. The Morgan fingerprint density at radius 1 is 1.38 bits per heavy atom. The lowest BCUT2D eigenvalue weighted by molar-refractivity contribution is -0.116. The van der Waals surface area contributed by atoms with Gasteiger partial charge in [-0.1, -0.05) is 6.07 Å². The first-order chi connectivity index (χ1) is 14.1. The highest BCUT2D eigenvalue weighted by Crippen LogP contribution is 2.36. The fourth-order valence-corrected chi connectivity index (χ4v) is 4.18. The third-order valence-electron chi connectivity index (χ3n) is 4.74. The smallest absolute Gasteiger partial charge is 0.244 e. The molecule has 2 aromatic heterocycles. The van der Waals surface area contributed by atoms with Gasteiger partial charge in [-0.3, -0.25) is 9.78 Å². The van der Waals surface area contributed by atoms with Gasteiger partial charge in [0.2, 0.25) is 5.91 Å². The summed E-state index contributed by atoms with van der Waals surface area (Å²) in [6.45, 7) is 2.22. The predicted molar refractivity (Wildman–Crippen MR) is 115 cm³/mol. The second-order valence-electron chi connectivity index (χ2n) is 7.01. The number of rotatable bonds is 6. The first-order valence-corrected chi connectivity index (χ1v) is 10.3. The molecule has 0 radical (unpaired) electrons. The molecule has 1 aromatic carbocycles. The lowest BCUT2D eigenvalue weighted by Gasteiger charge is -2.10. The van der Waals surface area contributed by atoms with Crippen LogP contribution < -0.4 is 10.1 Å². The van der Waals surface area contributed by atoms with Crippen LogP contribution in [0.3, 0.4) is 0 Å². The summed E-state index contributed by atoms with van der Waals surface area (Å²) in [6.07, 6.45) is 6.87. The maximum Gasteiger partial charge on any atom is 0.244 e. The van der Waals surface area contributed by atoms with Crippen LogP contribution in [0.5, 0.6) is 5.75 Å². The highest BCUT2D eigenvalue weighted by Gasteiger charge is 2.23. The van der Waals surface area contributed by atoms with Gasteiger partial charge < -0.3 is 15.2 Å². The standard InChI is InChI=1S/C23H22N2O3S/c1-15(26)21-7-8-22(29-21)17-5-6-20-18(11-17)12-19(28-20)14-25-23(27)9-4-16-3-2-10-24-13-16/h2-11,13,15,19,26H,12,14H2,1H3,(H,25,27)/b9-4+. The number of ether oxygens (including phenoxy) is 1. The molecule has 2 N–H and O–H groups in total. The molecule has 0 bridgehead atoms. The van der Waals surface area contributed by atoms with Gasteiger partial charge in [-0.25, -0.2) is 0 Å². The number of pyridine rings is 1. The first kappa shape index (κ1) is 19.4. The molecule has 148 valence electrons. The number of hydrogen-bond donors (Lipinski definition) is 2. The van der Waals surface area contributed by atoms with Crippen LogP contribution >= 0.6 is 11.3 Å². The van der Waals surface area contributed by atoms with Gasteiger partial charge in [-0.15, -0.1) is 11.3 Å². The number of carbonyl (C=O) groups excluding carboxylic acids is 1. The van der Waals surface area contributed by atoms with Crippen molar-refractivity contribution in [2.45, 2.75) is 25.6 Å². The molecule has 1 amide bonds. The summed E-state index contributed by atoms with van der Waals surface area (Å²) >= 11 is 1.60. The van der Waals surface area contributed by atoms with E-state index in [1.54, 1.807) is 36.7 Å². The Morgan fingerprint density at radius 3 is 3.03 bits per heavy atom. The Labute approximate surface area is 173 Å². The Balaban J connectivity index is 1.34. The molecule has 1 aliphatic rings. The van der Waals surface area contributed by atoms with Crippen LogP contribution in [0.1, 0.15) is 29.0 Å². The van der Waals surface area contributed by atoms with Crippen LogP contribution in [-0.4, -0.2) is 28.6 Å². The molecule has 4 rings (SSSR count). The SMILES string of the molecule is CC(O)c1ccc(-c2ccc3c(c2)CC(CNC(=O)/C=C/c2cccnc2)O3)s1. The summed E-state index contributed by atoms with van der Waals surface area (Å²) in [5.41, 5.74) is 3.14. The third-order valence-corrected chi connectivity index (χ3v) is 6.04. The highest BCUT2D eigenvalue weighted by atomic mass is 32.1. The number of amides is 1. The van der Waals surface area contributed by atoms with Crippen LogP contribution in [-0.2, 0) is 11.2 Å². The van der Waals surface area contributed by atoms with E-state index in [2.05, 4.69) is 16.4 Å². The maximum absolute atomic E-state index is 12.0. The van der Waals surface area contributed by atoms with E-state index in [1.165, 1.54) is 6.08 Å².